The summed E-state index contributed by atoms with van der Waals surface area (Å²) < 4.78 is 25.2. The molecule has 310 valence electrons. The Morgan fingerprint density at radius 3 is 2.47 bits per heavy atom. The highest BCUT2D eigenvalue weighted by molar-refractivity contribution is 6.04. The monoisotopic (exact) mass is 794 g/mol. The standard InChI is InChI=1S/C45H59FN8O4/c1-32-28-53(30-42(55)54-31-45(3,4)43-41(54)25-35(26-50-43)24-34-6-12-38(46)13-7-34)40(27-49-32)29-52(5)19-21-58-23-22-57-20-18-48-33(2)36-8-10-37(11-9-36)44(56)51-39-14-16-47-17-15-39/h6-17,25-26,32-33,40,48-49H,18-24,27-31H2,1-5H3,(H,47,51,56)/t32-,33-,40-/m1/s1. The third kappa shape index (κ3) is 12.0. The molecule has 0 aliphatic carbocycles. The number of amides is 2. The van der Waals surface area contributed by atoms with E-state index in [0.29, 0.717) is 63.7 Å². The zero-order valence-electron chi connectivity index (χ0n) is 34.5. The van der Waals surface area contributed by atoms with Gasteiger partial charge in [-0.2, -0.15) is 0 Å². The van der Waals surface area contributed by atoms with E-state index in [9.17, 15) is 14.0 Å². The Hall–Kier alpha value is -4.63. The lowest BCUT2D eigenvalue weighted by Crippen LogP contribution is -2.60. The lowest BCUT2D eigenvalue weighted by atomic mass is 9.91. The Bertz CT molecular complexity index is 1930. The fourth-order valence-electron chi connectivity index (χ4n) is 7.62. The molecule has 2 amide bonds. The molecular formula is C45H59FN8O4. The van der Waals surface area contributed by atoms with Gasteiger partial charge in [0.15, 0.2) is 0 Å². The average molecular weight is 795 g/mol. The molecule has 2 aromatic heterocycles. The number of halogens is 1. The molecule has 0 spiro atoms. The van der Waals surface area contributed by atoms with E-state index in [1.54, 1.807) is 36.7 Å². The van der Waals surface area contributed by atoms with Crippen LogP contribution in [0.2, 0.25) is 0 Å². The first-order chi connectivity index (χ1) is 27.9. The van der Waals surface area contributed by atoms with Gasteiger partial charge in [0.05, 0.1) is 44.4 Å². The SMILES string of the molecule is C[C@@H]1CN(CC(=O)N2CC(C)(C)c3ncc(Cc4ccc(F)cc4)cc32)[C@@H](CN(C)CCOCCOCCN[C@H](C)c2ccc(C(=O)Nc3ccncc3)cc2)CN1. The number of benzene rings is 2. The number of hydrogen-bond donors (Lipinski definition) is 3. The maximum atomic E-state index is 14.1. The number of nitrogens with one attached hydrogen (secondary N) is 3. The van der Waals surface area contributed by atoms with Crippen LogP contribution in [-0.4, -0.2) is 123 Å². The van der Waals surface area contributed by atoms with Crippen LogP contribution in [0, 0.1) is 5.82 Å². The molecule has 13 heteroatoms. The number of aromatic nitrogens is 2. The van der Waals surface area contributed by atoms with Crippen LogP contribution in [0.25, 0.3) is 0 Å². The second-order valence-electron chi connectivity index (χ2n) is 16.2. The van der Waals surface area contributed by atoms with Crippen molar-refractivity contribution in [3.63, 3.8) is 0 Å². The molecule has 3 N–H and O–H groups in total. The number of hydrogen-bond acceptors (Lipinski definition) is 10. The van der Waals surface area contributed by atoms with Crippen molar-refractivity contribution in [3.05, 3.63) is 119 Å². The van der Waals surface area contributed by atoms with Crippen molar-refractivity contribution in [1.29, 1.82) is 0 Å². The summed E-state index contributed by atoms with van der Waals surface area (Å²) in [7, 11) is 2.10. The van der Waals surface area contributed by atoms with E-state index >= 15 is 0 Å². The molecule has 3 atom stereocenters. The highest BCUT2D eigenvalue weighted by Gasteiger charge is 2.40. The van der Waals surface area contributed by atoms with Gasteiger partial charge in [-0.05, 0) is 86.5 Å². The highest BCUT2D eigenvalue weighted by atomic mass is 19.1. The smallest absolute Gasteiger partial charge is 0.255 e. The van der Waals surface area contributed by atoms with Crippen LogP contribution in [-0.2, 0) is 26.1 Å². The quantitative estimate of drug-likeness (QED) is 0.111. The second-order valence-corrected chi connectivity index (χ2v) is 16.2. The van der Waals surface area contributed by atoms with Crippen molar-refractivity contribution in [3.8, 4) is 0 Å². The first kappa shape index (κ1) is 43.0. The van der Waals surface area contributed by atoms with Crippen LogP contribution >= 0.6 is 0 Å². The van der Waals surface area contributed by atoms with Gasteiger partial charge in [0, 0.05) is 92.7 Å². The van der Waals surface area contributed by atoms with Gasteiger partial charge in [0.2, 0.25) is 5.91 Å². The summed E-state index contributed by atoms with van der Waals surface area (Å²) in [5.41, 5.74) is 5.96. The van der Waals surface area contributed by atoms with Crippen molar-refractivity contribution < 1.29 is 23.5 Å². The van der Waals surface area contributed by atoms with Crippen LogP contribution in [0.5, 0.6) is 0 Å². The predicted molar refractivity (Wildman–Crippen MR) is 226 cm³/mol. The molecule has 2 aromatic carbocycles. The lowest BCUT2D eigenvalue weighted by Gasteiger charge is -2.41. The third-order valence-electron chi connectivity index (χ3n) is 10.9. The molecule has 6 rings (SSSR count). The van der Waals surface area contributed by atoms with Gasteiger partial charge < -0.3 is 35.2 Å². The summed E-state index contributed by atoms with van der Waals surface area (Å²) in [5.74, 6) is -0.328. The van der Waals surface area contributed by atoms with Crippen molar-refractivity contribution >= 4 is 23.2 Å². The number of ether oxygens (including phenoxy) is 2. The fourth-order valence-corrected chi connectivity index (χ4v) is 7.62. The maximum absolute atomic E-state index is 14.1. The van der Waals surface area contributed by atoms with Gasteiger partial charge in [-0.3, -0.25) is 24.5 Å². The second kappa shape index (κ2) is 20.4. The van der Waals surface area contributed by atoms with E-state index in [1.165, 1.54) is 12.1 Å². The average Bonchev–Trinajstić information content (AvgIpc) is 3.49. The minimum Gasteiger partial charge on any atom is -0.378 e. The molecule has 0 bridgehead atoms. The summed E-state index contributed by atoms with van der Waals surface area (Å²) in [6, 6.07) is 20.3. The van der Waals surface area contributed by atoms with E-state index < -0.39 is 0 Å². The molecule has 12 nitrogen and oxygen atoms in total. The van der Waals surface area contributed by atoms with Crippen LogP contribution in [0.4, 0.5) is 15.8 Å². The molecule has 4 heterocycles. The Kier molecular flexibility index (Phi) is 15.1. The number of piperazine rings is 1. The van der Waals surface area contributed by atoms with Crippen molar-refractivity contribution in [2.45, 2.75) is 57.7 Å². The minimum atomic E-state index is -0.255. The van der Waals surface area contributed by atoms with E-state index in [2.05, 4.69) is 71.5 Å². The number of fused-ring (bicyclic) bond motifs is 1. The largest absolute Gasteiger partial charge is 0.378 e. The van der Waals surface area contributed by atoms with E-state index in [0.717, 1.165) is 54.3 Å². The van der Waals surface area contributed by atoms with E-state index in [-0.39, 0.29) is 41.2 Å². The molecule has 4 aromatic rings. The van der Waals surface area contributed by atoms with Crippen molar-refractivity contribution in [2.75, 3.05) is 89.5 Å². The topological polar surface area (TPSA) is 124 Å². The Morgan fingerprint density at radius 2 is 1.72 bits per heavy atom. The summed E-state index contributed by atoms with van der Waals surface area (Å²) >= 11 is 0. The Balaban J connectivity index is 0.878. The zero-order chi connectivity index (χ0) is 41.1. The zero-order valence-corrected chi connectivity index (χ0v) is 34.5. The first-order valence-corrected chi connectivity index (χ1v) is 20.4. The minimum absolute atomic E-state index is 0.0833. The molecule has 1 saturated heterocycles. The summed E-state index contributed by atoms with van der Waals surface area (Å²) in [4.78, 5) is 41.9. The normalized spacial score (nSPS) is 18.3. The number of carbonyl (C=O) groups is 2. The number of likely N-dealkylation sites (N-methyl/N-ethyl adjacent to an activating group) is 1. The molecule has 2 aliphatic heterocycles. The molecule has 0 radical (unpaired) electrons. The van der Waals surface area contributed by atoms with Gasteiger partial charge in [-0.15, -0.1) is 0 Å². The van der Waals surface area contributed by atoms with Crippen LogP contribution in [0.1, 0.15) is 66.5 Å². The van der Waals surface area contributed by atoms with Gasteiger partial charge in [0.25, 0.3) is 5.91 Å². The highest BCUT2D eigenvalue weighted by Crippen LogP contribution is 2.40. The van der Waals surface area contributed by atoms with Gasteiger partial charge in [-0.1, -0.05) is 38.1 Å². The van der Waals surface area contributed by atoms with Crippen molar-refractivity contribution in [2.24, 2.45) is 0 Å². The van der Waals surface area contributed by atoms with E-state index in [1.807, 2.05) is 35.4 Å². The molecule has 0 saturated carbocycles. The lowest BCUT2D eigenvalue weighted by molar-refractivity contribution is -0.120. The van der Waals surface area contributed by atoms with Gasteiger partial charge in [0.1, 0.15) is 5.82 Å². The van der Waals surface area contributed by atoms with Gasteiger partial charge in [-0.25, -0.2) is 4.39 Å². The van der Waals surface area contributed by atoms with Gasteiger partial charge >= 0.3 is 0 Å². The fraction of sp³-hybridized carbons (Fsp3) is 0.467. The summed E-state index contributed by atoms with van der Waals surface area (Å²) in [5, 5.41) is 9.95. The molecule has 2 aliphatic rings. The van der Waals surface area contributed by atoms with Crippen LogP contribution < -0.4 is 20.9 Å². The molecular weight excluding hydrogens is 736 g/mol. The predicted octanol–water partition coefficient (Wildman–Crippen LogP) is 5.06. The van der Waals surface area contributed by atoms with Crippen molar-refractivity contribution in [1.82, 2.24) is 30.4 Å². The molecule has 58 heavy (non-hydrogen) atoms. The number of nitrogens with zero attached hydrogens (tertiary/aromatic N) is 5. The molecule has 1 fully saturated rings. The number of carbonyl (C=O) groups excluding carboxylic acids is 2. The third-order valence-corrected chi connectivity index (χ3v) is 10.9. The maximum Gasteiger partial charge on any atom is 0.255 e. The van der Waals surface area contributed by atoms with Crippen LogP contribution in [0.15, 0.2) is 85.3 Å². The Labute approximate surface area is 342 Å². The van der Waals surface area contributed by atoms with E-state index in [4.69, 9.17) is 14.5 Å². The Morgan fingerprint density at radius 1 is 1.00 bits per heavy atom. The number of anilines is 2. The summed E-state index contributed by atoms with van der Waals surface area (Å²) in [6.45, 7) is 15.5. The molecule has 0 unspecified atom stereocenters. The number of pyridine rings is 2. The van der Waals surface area contributed by atoms with Crippen LogP contribution in [0.3, 0.4) is 0 Å². The first-order valence-electron chi connectivity index (χ1n) is 20.4. The number of rotatable bonds is 19. The summed E-state index contributed by atoms with van der Waals surface area (Å²) in [6.07, 6.45) is 5.79.